The van der Waals surface area contributed by atoms with E-state index in [1.54, 1.807) is 0 Å². The Morgan fingerprint density at radius 3 is 3.00 bits per heavy atom. The van der Waals surface area contributed by atoms with Gasteiger partial charge in [-0.25, -0.2) is 0 Å². The van der Waals surface area contributed by atoms with E-state index < -0.39 is 0 Å². The lowest BCUT2D eigenvalue weighted by molar-refractivity contribution is -0.122. The molecule has 2 atom stereocenters. The maximum Gasteiger partial charge on any atom is 0.224 e. The van der Waals surface area contributed by atoms with Crippen molar-refractivity contribution in [2.24, 2.45) is 0 Å². The van der Waals surface area contributed by atoms with Gasteiger partial charge in [0.25, 0.3) is 0 Å². The van der Waals surface area contributed by atoms with Crippen molar-refractivity contribution in [1.29, 1.82) is 0 Å². The molecule has 90 valence electrons. The number of hydrogen-bond donors (Lipinski definition) is 1. The van der Waals surface area contributed by atoms with E-state index in [4.69, 9.17) is 0 Å². The Morgan fingerprint density at radius 2 is 2.24 bits per heavy atom. The third-order valence-corrected chi connectivity index (χ3v) is 4.74. The monoisotopic (exact) mass is 248 g/mol. The molecule has 2 fully saturated rings. The fourth-order valence-electron chi connectivity index (χ4n) is 2.45. The van der Waals surface area contributed by atoms with Gasteiger partial charge < -0.3 is 5.32 Å². The van der Waals surface area contributed by atoms with Gasteiger partial charge in [-0.3, -0.25) is 9.69 Å². The van der Waals surface area contributed by atoms with Crippen LogP contribution in [-0.4, -0.2) is 41.1 Å². The summed E-state index contributed by atoms with van der Waals surface area (Å²) in [5.74, 6) is 1.35. The van der Waals surface area contributed by atoms with E-state index in [0.29, 0.717) is 17.8 Å². The lowest BCUT2D eigenvalue weighted by Gasteiger charge is -2.42. The van der Waals surface area contributed by atoms with Gasteiger partial charge in [-0.1, -0.05) is 30.3 Å². The second-order valence-corrected chi connectivity index (χ2v) is 5.82. The Labute approximate surface area is 106 Å². The molecule has 0 aromatic heterocycles. The summed E-state index contributed by atoms with van der Waals surface area (Å²) < 4.78 is 0. The topological polar surface area (TPSA) is 32.3 Å². The van der Waals surface area contributed by atoms with Crippen LogP contribution in [-0.2, 0) is 11.2 Å². The highest BCUT2D eigenvalue weighted by atomic mass is 32.2. The number of carbonyl (C=O) groups excluding carboxylic acids is 1. The number of carbonyl (C=O) groups is 1. The summed E-state index contributed by atoms with van der Waals surface area (Å²) in [7, 11) is 0. The third-order valence-electron chi connectivity index (χ3n) is 3.36. The van der Waals surface area contributed by atoms with Crippen LogP contribution in [0, 0.1) is 0 Å². The predicted molar refractivity (Wildman–Crippen MR) is 69.9 cm³/mol. The maximum absolute atomic E-state index is 11.9. The molecule has 2 saturated heterocycles. The predicted octanol–water partition coefficient (Wildman–Crippen LogP) is 1.10. The Balaban J connectivity index is 1.51. The summed E-state index contributed by atoms with van der Waals surface area (Å²) >= 11 is 1.96. The zero-order chi connectivity index (χ0) is 11.7. The van der Waals surface area contributed by atoms with Gasteiger partial charge in [0.2, 0.25) is 5.91 Å². The Morgan fingerprint density at radius 1 is 1.41 bits per heavy atom. The van der Waals surface area contributed by atoms with Gasteiger partial charge in [-0.2, -0.15) is 0 Å². The summed E-state index contributed by atoms with van der Waals surface area (Å²) in [5, 5.41) is 3.67. The van der Waals surface area contributed by atoms with Gasteiger partial charge in [0.05, 0.1) is 17.8 Å². The van der Waals surface area contributed by atoms with E-state index >= 15 is 0 Å². The van der Waals surface area contributed by atoms with Crippen molar-refractivity contribution < 1.29 is 4.79 Å². The van der Waals surface area contributed by atoms with E-state index in [2.05, 4.69) is 10.2 Å². The fourth-order valence-corrected chi connectivity index (χ4v) is 3.82. The highest BCUT2D eigenvalue weighted by Gasteiger charge is 2.43. The smallest absolute Gasteiger partial charge is 0.224 e. The van der Waals surface area contributed by atoms with E-state index in [1.165, 1.54) is 12.3 Å². The number of nitrogens with zero attached hydrogens (tertiary/aromatic N) is 1. The number of amides is 1. The maximum atomic E-state index is 11.9. The summed E-state index contributed by atoms with van der Waals surface area (Å²) in [6.45, 7) is 2.21. The normalized spacial score (nSPS) is 27.3. The number of hydrogen-bond acceptors (Lipinski definition) is 3. The van der Waals surface area contributed by atoms with Gasteiger partial charge in [0, 0.05) is 18.8 Å². The summed E-state index contributed by atoms with van der Waals surface area (Å²) in [5.41, 5.74) is 1.08. The largest absolute Gasteiger partial charge is 0.349 e. The molecule has 2 unspecified atom stereocenters. The van der Waals surface area contributed by atoms with Crippen LogP contribution in [0.15, 0.2) is 30.3 Å². The molecule has 0 bridgehead atoms. The van der Waals surface area contributed by atoms with Crippen molar-refractivity contribution in [2.75, 3.05) is 18.8 Å². The molecule has 1 N–H and O–H groups in total. The standard InChI is InChI=1S/C13H16N2OS/c16-12(8-10-4-2-1-3-5-10)14-11-9-15-6-7-17-13(11)15/h1-5,11,13H,6-9H2,(H,14,16). The van der Waals surface area contributed by atoms with E-state index in [9.17, 15) is 4.79 Å². The van der Waals surface area contributed by atoms with Crippen LogP contribution in [0.4, 0.5) is 0 Å². The van der Waals surface area contributed by atoms with Crippen molar-refractivity contribution in [2.45, 2.75) is 17.8 Å². The molecule has 17 heavy (non-hydrogen) atoms. The van der Waals surface area contributed by atoms with Crippen molar-refractivity contribution in [1.82, 2.24) is 10.2 Å². The first-order valence-electron chi connectivity index (χ1n) is 6.02. The van der Waals surface area contributed by atoms with Gasteiger partial charge in [0.1, 0.15) is 0 Å². The van der Waals surface area contributed by atoms with E-state index in [1.807, 2.05) is 42.1 Å². The Kier molecular flexibility index (Phi) is 3.07. The molecule has 1 aromatic carbocycles. The highest BCUT2D eigenvalue weighted by Crippen LogP contribution is 2.34. The van der Waals surface area contributed by atoms with E-state index in [-0.39, 0.29) is 5.91 Å². The zero-order valence-electron chi connectivity index (χ0n) is 9.63. The van der Waals surface area contributed by atoms with Crippen molar-refractivity contribution in [3.8, 4) is 0 Å². The molecule has 0 spiro atoms. The molecule has 2 heterocycles. The van der Waals surface area contributed by atoms with Crippen LogP contribution in [0.2, 0.25) is 0 Å². The highest BCUT2D eigenvalue weighted by molar-refractivity contribution is 8.00. The quantitative estimate of drug-likeness (QED) is 0.869. The first-order chi connectivity index (χ1) is 8.33. The average Bonchev–Trinajstić information content (AvgIpc) is 2.69. The lowest BCUT2D eigenvalue weighted by Crippen LogP contribution is -2.63. The third kappa shape index (κ3) is 2.33. The Bertz CT molecular complexity index is 409. The van der Waals surface area contributed by atoms with Gasteiger partial charge >= 0.3 is 0 Å². The minimum atomic E-state index is 0.147. The Hall–Kier alpha value is -1.00. The SMILES string of the molecule is O=C(Cc1ccccc1)NC1CN2CCSC12. The zero-order valence-corrected chi connectivity index (χ0v) is 10.5. The molecular weight excluding hydrogens is 232 g/mol. The minimum absolute atomic E-state index is 0.147. The summed E-state index contributed by atoms with van der Waals surface area (Å²) in [4.78, 5) is 14.3. The molecule has 4 heteroatoms. The minimum Gasteiger partial charge on any atom is -0.349 e. The number of thioether (sulfide) groups is 1. The van der Waals surface area contributed by atoms with Crippen molar-refractivity contribution in [3.63, 3.8) is 0 Å². The molecule has 2 aliphatic heterocycles. The van der Waals surface area contributed by atoms with Crippen LogP contribution in [0.1, 0.15) is 5.56 Å². The molecule has 3 nitrogen and oxygen atoms in total. The molecule has 3 rings (SSSR count). The lowest BCUT2D eigenvalue weighted by atomic mass is 10.1. The van der Waals surface area contributed by atoms with Crippen LogP contribution in [0.25, 0.3) is 0 Å². The second-order valence-electron chi connectivity index (χ2n) is 4.59. The molecule has 1 aromatic rings. The van der Waals surface area contributed by atoms with Gasteiger partial charge in [0.15, 0.2) is 0 Å². The first-order valence-corrected chi connectivity index (χ1v) is 7.07. The molecule has 0 saturated carbocycles. The van der Waals surface area contributed by atoms with Gasteiger partial charge in [-0.05, 0) is 5.56 Å². The van der Waals surface area contributed by atoms with Crippen LogP contribution < -0.4 is 5.32 Å². The molecule has 2 aliphatic rings. The van der Waals surface area contributed by atoms with Crippen molar-refractivity contribution in [3.05, 3.63) is 35.9 Å². The number of fused-ring (bicyclic) bond motifs is 1. The van der Waals surface area contributed by atoms with Crippen LogP contribution in [0.5, 0.6) is 0 Å². The molecular formula is C13H16N2OS. The summed E-state index contributed by atoms with van der Waals surface area (Å²) in [6, 6.07) is 10.3. The summed E-state index contributed by atoms with van der Waals surface area (Å²) in [6.07, 6.45) is 0.495. The average molecular weight is 248 g/mol. The van der Waals surface area contributed by atoms with Crippen LogP contribution >= 0.6 is 11.8 Å². The van der Waals surface area contributed by atoms with E-state index in [0.717, 1.165) is 12.1 Å². The first kappa shape index (κ1) is 11.1. The number of benzene rings is 1. The molecule has 1 amide bonds. The van der Waals surface area contributed by atoms with Crippen LogP contribution in [0.3, 0.4) is 0 Å². The number of rotatable bonds is 3. The fraction of sp³-hybridized carbons (Fsp3) is 0.462. The van der Waals surface area contributed by atoms with Gasteiger partial charge in [-0.15, -0.1) is 11.8 Å². The van der Waals surface area contributed by atoms with Crippen molar-refractivity contribution >= 4 is 17.7 Å². The second kappa shape index (κ2) is 4.70. The number of nitrogens with one attached hydrogen (secondary N) is 1. The molecule has 0 radical (unpaired) electrons. The molecule has 0 aliphatic carbocycles.